The van der Waals surface area contributed by atoms with Crippen LogP contribution in [0.1, 0.15) is 41.8 Å². The fourth-order valence-electron chi connectivity index (χ4n) is 9.87. The van der Waals surface area contributed by atoms with Gasteiger partial charge in [-0.05, 0) is 72.8 Å². The molecule has 0 atom stereocenters. The number of carboxylic acid groups (broad SMARTS) is 1. The molecule has 0 aliphatic carbocycles. The third-order valence-electron chi connectivity index (χ3n) is 14.0. The Bertz CT molecular complexity index is 4630. The molecule has 0 bridgehead atoms. The summed E-state index contributed by atoms with van der Waals surface area (Å²) in [5, 5.41) is 15.8. The molecular weight excluding hydrogens is 1120 g/mol. The number of amides is 2. The Labute approximate surface area is 481 Å². The number of furan rings is 2. The number of fused-ring (bicyclic) bond motifs is 12. The molecule has 83 heavy (non-hydrogen) atoms. The van der Waals surface area contributed by atoms with Crippen LogP contribution in [0.25, 0.3) is 89.0 Å². The minimum absolute atomic E-state index is 0. The average Bonchev–Trinajstić information content (AvgIpc) is 2.41. The van der Waals surface area contributed by atoms with Crippen molar-refractivity contribution in [1.82, 2.24) is 29.7 Å². The summed E-state index contributed by atoms with van der Waals surface area (Å²) in [7, 11) is -0.936. The van der Waals surface area contributed by atoms with E-state index in [1.807, 2.05) is 0 Å². The average molecular weight is 1170 g/mol. The van der Waals surface area contributed by atoms with Crippen molar-refractivity contribution in [3.8, 4) is 56.8 Å². The summed E-state index contributed by atoms with van der Waals surface area (Å²) >= 11 is 0. The molecule has 422 valence electrons. The molecule has 2 aliphatic rings. The molecule has 2 aliphatic heterocycles. The van der Waals surface area contributed by atoms with Gasteiger partial charge in [0.15, 0.2) is 13.5 Å². The number of esters is 1. The quantitative estimate of drug-likeness (QED) is 0.119. The molecular formula is C55H45F2LiN8O15S2. The minimum Gasteiger partial charge on any atom is -0.870 e. The number of nitrogens with one attached hydrogen (secondary N) is 2. The van der Waals surface area contributed by atoms with Crippen LogP contribution >= 0.6 is 0 Å². The maximum Gasteiger partial charge on any atom is 1.00 e. The molecule has 12 rings (SSSR count). The first kappa shape index (κ1) is 58.4. The zero-order valence-corrected chi connectivity index (χ0v) is 46.7. The first-order valence-electron chi connectivity index (χ1n) is 24.2. The summed E-state index contributed by atoms with van der Waals surface area (Å²) < 4.78 is 113. The number of halogens is 2. The summed E-state index contributed by atoms with van der Waals surface area (Å²) in [5.41, 5.74) is 4.70. The Balaban J connectivity index is 0.000000195. The van der Waals surface area contributed by atoms with E-state index in [2.05, 4.69) is 10.6 Å². The number of rotatable bonds is 10. The van der Waals surface area contributed by atoms with E-state index < -0.39 is 55.4 Å². The number of hydrogen-bond acceptors (Lipinski definition) is 16. The van der Waals surface area contributed by atoms with Gasteiger partial charge in [0.25, 0.3) is 11.8 Å². The molecule has 28 heteroatoms. The van der Waals surface area contributed by atoms with Crippen molar-refractivity contribution in [2.45, 2.75) is 13.5 Å². The zero-order valence-electron chi connectivity index (χ0n) is 45.1. The smallest absolute Gasteiger partial charge is 0.870 e. The number of pyridine rings is 2. The number of aromatic nitrogens is 4. The molecule has 8 heterocycles. The first-order valence-corrected chi connectivity index (χ1v) is 27.9. The van der Waals surface area contributed by atoms with Crippen molar-refractivity contribution in [3.05, 3.63) is 131 Å². The van der Waals surface area contributed by atoms with Crippen molar-refractivity contribution in [2.24, 2.45) is 0 Å². The minimum atomic E-state index is -3.79. The maximum absolute atomic E-state index is 14.6. The van der Waals surface area contributed by atoms with Crippen LogP contribution in [0, 0.1) is 11.6 Å². The number of ether oxygens (including phenoxy) is 3. The molecule has 0 fully saturated rings. The Kier molecular flexibility index (Phi) is 15.2. The summed E-state index contributed by atoms with van der Waals surface area (Å²) in [6.07, 6.45) is 2.06. The largest absolute Gasteiger partial charge is 1.00 e. The van der Waals surface area contributed by atoms with Gasteiger partial charge in [-0.2, -0.15) is 0 Å². The second-order valence-electron chi connectivity index (χ2n) is 18.7. The molecule has 10 aromatic rings. The van der Waals surface area contributed by atoms with Crippen molar-refractivity contribution in [3.63, 3.8) is 0 Å². The Morgan fingerprint density at radius 1 is 0.627 bits per heavy atom. The fourth-order valence-corrected chi connectivity index (χ4v) is 10.9. The normalized spacial score (nSPS) is 12.3. The molecule has 23 nitrogen and oxygen atoms in total. The Morgan fingerprint density at radius 3 is 1.42 bits per heavy atom. The number of anilines is 2. The van der Waals surface area contributed by atoms with Gasteiger partial charge in [-0.1, -0.05) is 12.1 Å². The third kappa shape index (κ3) is 9.80. The third-order valence-corrected chi connectivity index (χ3v) is 16.4. The van der Waals surface area contributed by atoms with Gasteiger partial charge >= 0.3 is 30.8 Å². The SMILES string of the molecule is CNC(=O)c1c(C(=O)O)oc2cc(N(C)S(C)(=O)=O)c(-c3ccc4c(n3)-c3cc5c(F)cccc5n3CO4)cc12.CNC(=O)c1c(C(=O)OC)oc2cc(N(C)S(C)(=O)=O)c(-c3ccc4c(n3)-c3cc5c(F)cccc5n3CO4)cc12.[Li+].[OH-]. The van der Waals surface area contributed by atoms with Gasteiger partial charge in [-0.3, -0.25) is 18.2 Å². The van der Waals surface area contributed by atoms with Crippen molar-refractivity contribution >= 4 is 98.9 Å². The molecule has 0 saturated heterocycles. The summed E-state index contributed by atoms with van der Waals surface area (Å²) in [6.45, 7) is 0.304. The van der Waals surface area contributed by atoms with Crippen LogP contribution in [-0.2, 0) is 38.2 Å². The number of sulfonamides is 2. The molecule has 4 aromatic carbocycles. The molecule has 2 amide bonds. The Hall–Kier alpha value is -9.26. The van der Waals surface area contributed by atoms with E-state index >= 15 is 0 Å². The van der Waals surface area contributed by atoms with E-state index in [1.165, 1.54) is 58.5 Å². The number of hydrogen-bond donors (Lipinski definition) is 3. The zero-order chi connectivity index (χ0) is 57.7. The van der Waals surface area contributed by atoms with Gasteiger partial charge in [0.1, 0.15) is 56.8 Å². The van der Waals surface area contributed by atoms with Crippen molar-refractivity contribution in [2.75, 3.05) is 56.4 Å². The number of aromatic carboxylic acids is 1. The molecule has 4 N–H and O–H groups in total. The number of methoxy groups -OCH3 is 1. The van der Waals surface area contributed by atoms with E-state index in [-0.39, 0.29) is 99.4 Å². The topological polar surface area (TPSA) is 307 Å². The van der Waals surface area contributed by atoms with Gasteiger partial charge < -0.3 is 53.4 Å². The molecule has 0 radical (unpaired) electrons. The monoisotopic (exact) mass is 1170 g/mol. The Morgan fingerprint density at radius 2 is 1.04 bits per heavy atom. The van der Waals surface area contributed by atoms with Crippen LogP contribution in [0.5, 0.6) is 11.5 Å². The van der Waals surface area contributed by atoms with Crippen LogP contribution < -0.4 is 47.6 Å². The van der Waals surface area contributed by atoms with Crippen LogP contribution in [0.15, 0.2) is 106 Å². The number of carbonyl (C=O) groups is 4. The van der Waals surface area contributed by atoms with Crippen LogP contribution in [-0.4, -0.2) is 118 Å². The van der Waals surface area contributed by atoms with Crippen molar-refractivity contribution < 1.29 is 97.3 Å². The van der Waals surface area contributed by atoms with E-state index in [0.717, 1.165) is 28.2 Å². The predicted octanol–water partition coefficient (Wildman–Crippen LogP) is 5.03. The van der Waals surface area contributed by atoms with Crippen molar-refractivity contribution in [1.29, 1.82) is 0 Å². The standard InChI is InChI=1S/C28H23FN4O7S.C27H21FN4O7S.Li.H2O/c1-30-27(34)24-16-10-15(20(32(2)41(4,36)37)12-23(16)40-26(24)28(35)38-3)18-8-9-22-25(31-18)21-11-14-17(29)6-5-7-19(14)33(21)13-39-22;1-29-26(33)23-15-9-14(19(31(2)40(3,36)37)11-22(15)39-25(23)27(34)35)17-7-8-21-24(30-17)20-10-13-16(28)5-4-6-18(13)32(20)12-38-21;;/h5-12H,13H2,1-4H3,(H,30,34);4-11H,12H2,1-3H3,(H,29,33)(H,34,35);;1H2/q;;+1;/p-1. The maximum atomic E-state index is 14.6. The van der Waals surface area contributed by atoms with E-state index in [9.17, 15) is 49.9 Å². The van der Waals surface area contributed by atoms with Crippen LogP contribution in [0.2, 0.25) is 0 Å². The van der Waals surface area contributed by atoms with Gasteiger partial charge in [0, 0.05) is 73.0 Å². The van der Waals surface area contributed by atoms with Gasteiger partial charge in [0.2, 0.25) is 31.6 Å². The van der Waals surface area contributed by atoms with E-state index in [4.69, 9.17) is 33.0 Å². The second-order valence-corrected chi connectivity index (χ2v) is 22.7. The van der Waals surface area contributed by atoms with Crippen LogP contribution in [0.4, 0.5) is 20.2 Å². The molecule has 0 spiro atoms. The fraction of sp³-hybridized carbons (Fsp3) is 0.164. The van der Waals surface area contributed by atoms with Gasteiger partial charge in [-0.25, -0.2) is 45.2 Å². The molecule has 0 saturated carbocycles. The van der Waals surface area contributed by atoms with Gasteiger partial charge in [-0.15, -0.1) is 0 Å². The number of carbonyl (C=O) groups excluding carboxylic acids is 3. The van der Waals surface area contributed by atoms with E-state index in [0.29, 0.717) is 73.0 Å². The predicted molar refractivity (Wildman–Crippen MR) is 295 cm³/mol. The summed E-state index contributed by atoms with van der Waals surface area (Å²) in [5.74, 6) is -4.40. The summed E-state index contributed by atoms with van der Waals surface area (Å²) in [4.78, 5) is 59.5. The second kappa shape index (κ2) is 21.6. The summed E-state index contributed by atoms with van der Waals surface area (Å²) in [6, 6.07) is 25.3. The van der Waals surface area contributed by atoms with E-state index in [1.54, 1.807) is 75.9 Å². The molecule has 6 aromatic heterocycles. The number of carboxylic acids is 1. The number of nitrogens with zero attached hydrogens (tertiary/aromatic N) is 6. The van der Waals surface area contributed by atoms with Crippen LogP contribution in [0.3, 0.4) is 0 Å². The number of benzene rings is 4. The molecule has 0 unspecified atom stereocenters. The van der Waals surface area contributed by atoms with Gasteiger partial charge in [0.05, 0.1) is 64.8 Å². The first-order chi connectivity index (χ1) is 38.5.